The molecule has 1 aliphatic carbocycles. The Bertz CT molecular complexity index is 384. The average Bonchev–Trinajstić information content (AvgIpc) is 2.81. The Labute approximate surface area is 128 Å². The van der Waals surface area contributed by atoms with E-state index in [9.17, 15) is 4.79 Å². The number of hydrogen-bond donors (Lipinski definition) is 1. The second-order valence-electron chi connectivity index (χ2n) is 7.33. The van der Waals surface area contributed by atoms with Gasteiger partial charge in [0, 0.05) is 24.2 Å². The van der Waals surface area contributed by atoms with Crippen molar-refractivity contribution in [3.63, 3.8) is 0 Å². The van der Waals surface area contributed by atoms with E-state index in [1.807, 2.05) is 0 Å². The van der Waals surface area contributed by atoms with Gasteiger partial charge in [-0.15, -0.1) is 0 Å². The molecule has 1 saturated heterocycles. The monoisotopic (exact) mass is 298 g/mol. The maximum atomic E-state index is 12.3. The summed E-state index contributed by atoms with van der Waals surface area (Å²) < 4.78 is 10.7. The fourth-order valence-electron chi connectivity index (χ4n) is 3.96. The van der Waals surface area contributed by atoms with E-state index in [-0.39, 0.29) is 17.6 Å². The molecular weight excluding hydrogens is 268 g/mol. The molecule has 2 atom stereocenters. The molecule has 1 saturated carbocycles. The third-order valence-electron chi connectivity index (χ3n) is 4.78. The molecule has 0 radical (unpaired) electrons. The van der Waals surface area contributed by atoms with Crippen molar-refractivity contribution in [2.24, 2.45) is 0 Å². The van der Waals surface area contributed by atoms with E-state index in [0.29, 0.717) is 6.04 Å². The number of nitrogens with zero attached hydrogens (tertiary/aromatic N) is 1. The number of nitrogens with one attached hydrogen (secondary N) is 1. The van der Waals surface area contributed by atoms with Crippen LogP contribution in [0, 0.1) is 0 Å². The first-order chi connectivity index (χ1) is 9.81. The molecule has 21 heavy (non-hydrogen) atoms. The van der Waals surface area contributed by atoms with Crippen molar-refractivity contribution in [2.75, 3.05) is 26.9 Å². The molecule has 0 aromatic rings. The summed E-state index contributed by atoms with van der Waals surface area (Å²) in [7, 11) is 1.48. The first-order valence-electron chi connectivity index (χ1n) is 8.01. The van der Waals surface area contributed by atoms with E-state index >= 15 is 0 Å². The maximum Gasteiger partial charge on any atom is 0.326 e. The predicted octanol–water partition coefficient (Wildman–Crippen LogP) is 1.56. The zero-order valence-corrected chi connectivity index (χ0v) is 14.1. The van der Waals surface area contributed by atoms with Gasteiger partial charge in [0.1, 0.15) is 5.54 Å². The van der Waals surface area contributed by atoms with Crippen LogP contribution in [-0.2, 0) is 14.3 Å². The molecule has 0 spiro atoms. The minimum absolute atomic E-state index is 0.0347. The quantitative estimate of drug-likeness (QED) is 0.798. The number of rotatable bonds is 4. The molecule has 1 heterocycles. The molecule has 0 amide bonds. The largest absolute Gasteiger partial charge is 0.468 e. The third kappa shape index (κ3) is 3.41. The highest BCUT2D eigenvalue weighted by Crippen LogP contribution is 2.38. The van der Waals surface area contributed by atoms with Gasteiger partial charge in [-0.2, -0.15) is 0 Å². The first kappa shape index (κ1) is 16.7. The van der Waals surface area contributed by atoms with Gasteiger partial charge in [0.15, 0.2) is 0 Å². The number of ether oxygens (including phenoxy) is 2. The number of methoxy groups -OCH3 is 1. The standard InChI is InChI=1S/C16H30N2O3/c1-12(2)17-16(14(19)20-5)7-6-13(10-16)18-8-9-21-11-15(18,3)4/h12-13,17H,6-11H2,1-5H3. The van der Waals surface area contributed by atoms with Crippen molar-refractivity contribution in [1.29, 1.82) is 0 Å². The van der Waals surface area contributed by atoms with Crippen molar-refractivity contribution in [2.45, 2.75) is 70.1 Å². The second kappa shape index (κ2) is 6.23. The van der Waals surface area contributed by atoms with Crippen LogP contribution >= 0.6 is 0 Å². The number of carbonyl (C=O) groups is 1. The van der Waals surface area contributed by atoms with E-state index in [1.165, 1.54) is 7.11 Å². The zero-order valence-electron chi connectivity index (χ0n) is 14.1. The number of hydrogen-bond acceptors (Lipinski definition) is 5. The lowest BCUT2D eigenvalue weighted by Gasteiger charge is -2.46. The predicted molar refractivity (Wildman–Crippen MR) is 82.3 cm³/mol. The topological polar surface area (TPSA) is 50.8 Å². The minimum Gasteiger partial charge on any atom is -0.468 e. The van der Waals surface area contributed by atoms with E-state index in [4.69, 9.17) is 9.47 Å². The maximum absolute atomic E-state index is 12.3. The lowest BCUT2D eigenvalue weighted by molar-refractivity contribution is -0.149. The van der Waals surface area contributed by atoms with E-state index in [2.05, 4.69) is 37.9 Å². The third-order valence-corrected chi connectivity index (χ3v) is 4.78. The van der Waals surface area contributed by atoms with Crippen molar-refractivity contribution < 1.29 is 14.3 Å². The fourth-order valence-corrected chi connectivity index (χ4v) is 3.96. The van der Waals surface area contributed by atoms with E-state index < -0.39 is 5.54 Å². The summed E-state index contributed by atoms with van der Waals surface area (Å²) in [6, 6.07) is 0.676. The van der Waals surface area contributed by atoms with Crippen molar-refractivity contribution >= 4 is 5.97 Å². The summed E-state index contributed by atoms with van der Waals surface area (Å²) in [4.78, 5) is 14.9. The molecule has 2 aliphatic rings. The van der Waals surface area contributed by atoms with E-state index in [0.717, 1.165) is 39.0 Å². The van der Waals surface area contributed by atoms with Gasteiger partial charge < -0.3 is 9.47 Å². The summed E-state index contributed by atoms with van der Waals surface area (Å²) >= 11 is 0. The van der Waals surface area contributed by atoms with Gasteiger partial charge in [0.25, 0.3) is 0 Å². The van der Waals surface area contributed by atoms with Crippen molar-refractivity contribution in [3.8, 4) is 0 Å². The summed E-state index contributed by atoms with van der Waals surface area (Å²) in [5.41, 5.74) is -0.491. The Morgan fingerprint density at radius 1 is 1.43 bits per heavy atom. The van der Waals surface area contributed by atoms with Crippen molar-refractivity contribution in [3.05, 3.63) is 0 Å². The second-order valence-corrected chi connectivity index (χ2v) is 7.33. The molecule has 2 unspecified atom stereocenters. The van der Waals surface area contributed by atoms with Gasteiger partial charge in [-0.3, -0.25) is 15.0 Å². The lowest BCUT2D eigenvalue weighted by Crippen LogP contribution is -2.59. The van der Waals surface area contributed by atoms with Gasteiger partial charge >= 0.3 is 5.97 Å². The number of carbonyl (C=O) groups excluding carboxylic acids is 1. The van der Waals surface area contributed by atoms with Gasteiger partial charge in [-0.1, -0.05) is 0 Å². The van der Waals surface area contributed by atoms with Crippen LogP contribution in [-0.4, -0.2) is 60.9 Å². The molecule has 122 valence electrons. The van der Waals surface area contributed by atoms with Crippen LogP contribution in [0.5, 0.6) is 0 Å². The number of morpholine rings is 1. The highest BCUT2D eigenvalue weighted by Gasteiger charge is 2.50. The molecule has 5 heteroatoms. The average molecular weight is 298 g/mol. The van der Waals surface area contributed by atoms with Crippen LogP contribution in [0.1, 0.15) is 47.0 Å². The van der Waals surface area contributed by atoms with Gasteiger partial charge in [-0.25, -0.2) is 0 Å². The zero-order chi connectivity index (χ0) is 15.7. The highest BCUT2D eigenvalue weighted by atomic mass is 16.5. The Kier molecular flexibility index (Phi) is 4.96. The smallest absolute Gasteiger partial charge is 0.326 e. The minimum atomic E-state index is -0.526. The summed E-state index contributed by atoms with van der Waals surface area (Å²) in [6.45, 7) is 11.1. The Hall–Kier alpha value is -0.650. The van der Waals surface area contributed by atoms with Crippen LogP contribution in [0.25, 0.3) is 0 Å². The van der Waals surface area contributed by atoms with Crippen LogP contribution in [0.3, 0.4) is 0 Å². The van der Waals surface area contributed by atoms with Gasteiger partial charge in [0.05, 0.1) is 20.3 Å². The van der Waals surface area contributed by atoms with Crippen molar-refractivity contribution in [1.82, 2.24) is 10.2 Å². The number of esters is 1. The summed E-state index contributed by atoms with van der Waals surface area (Å²) in [5.74, 6) is -0.121. The highest BCUT2D eigenvalue weighted by molar-refractivity contribution is 5.81. The molecule has 0 bridgehead atoms. The van der Waals surface area contributed by atoms with E-state index in [1.54, 1.807) is 0 Å². The van der Waals surface area contributed by atoms with Gasteiger partial charge in [-0.05, 0) is 47.0 Å². The molecule has 2 fully saturated rings. The molecule has 2 rings (SSSR count). The van der Waals surface area contributed by atoms with Crippen LogP contribution in [0.4, 0.5) is 0 Å². The molecule has 1 aliphatic heterocycles. The molecule has 0 aromatic carbocycles. The fraction of sp³-hybridized carbons (Fsp3) is 0.938. The molecule has 5 nitrogen and oxygen atoms in total. The van der Waals surface area contributed by atoms with Crippen LogP contribution in [0.2, 0.25) is 0 Å². The van der Waals surface area contributed by atoms with Crippen LogP contribution < -0.4 is 5.32 Å². The molecule has 0 aromatic heterocycles. The normalized spacial score (nSPS) is 33.3. The Balaban J connectivity index is 2.14. The first-order valence-corrected chi connectivity index (χ1v) is 8.01. The van der Waals surface area contributed by atoms with Crippen LogP contribution in [0.15, 0.2) is 0 Å². The van der Waals surface area contributed by atoms with Gasteiger partial charge in [0.2, 0.25) is 0 Å². The summed E-state index contributed by atoms with van der Waals surface area (Å²) in [5, 5.41) is 3.47. The molecular formula is C16H30N2O3. The lowest BCUT2D eigenvalue weighted by atomic mass is 9.94. The SMILES string of the molecule is COC(=O)C1(NC(C)C)CCC(N2CCOCC2(C)C)C1. The Morgan fingerprint density at radius 2 is 2.14 bits per heavy atom. The molecule has 1 N–H and O–H groups in total. The summed E-state index contributed by atoms with van der Waals surface area (Å²) in [6.07, 6.45) is 2.69. The Morgan fingerprint density at radius 3 is 2.71 bits per heavy atom.